The van der Waals surface area contributed by atoms with Crippen LogP contribution in [-0.4, -0.2) is 17.6 Å². The molecule has 5 heteroatoms. The van der Waals surface area contributed by atoms with E-state index in [9.17, 15) is 14.9 Å². The minimum Gasteiger partial charge on any atom is -0.389 e. The largest absolute Gasteiger partial charge is 0.422 e. The van der Waals surface area contributed by atoms with E-state index in [1.165, 1.54) is 0 Å². The van der Waals surface area contributed by atoms with Gasteiger partial charge in [0.05, 0.1) is 11.3 Å². The summed E-state index contributed by atoms with van der Waals surface area (Å²) in [4.78, 5) is 19.6. The van der Waals surface area contributed by atoms with Gasteiger partial charge in [-0.25, -0.2) is 4.79 Å². The van der Waals surface area contributed by atoms with E-state index >= 15 is 0 Å². The zero-order valence-corrected chi connectivity index (χ0v) is 7.25. The molecule has 0 aliphatic heterocycles. The summed E-state index contributed by atoms with van der Waals surface area (Å²) < 4.78 is 4.20. The first kappa shape index (κ1) is 10.2. The number of hydrogen-bond donors (Lipinski definition) is 0. The first-order valence-electron chi connectivity index (χ1n) is 3.94. The Balaban J connectivity index is 2.64. The summed E-state index contributed by atoms with van der Waals surface area (Å²) in [6.07, 6.45) is -1.29. The van der Waals surface area contributed by atoms with Gasteiger partial charge >= 0.3 is 12.7 Å². The molecule has 0 fully saturated rings. The minimum absolute atomic E-state index is 0.0586. The first-order chi connectivity index (χ1) is 6.74. The van der Waals surface area contributed by atoms with E-state index in [0.29, 0.717) is 0 Å². The number of ether oxygens (including phenoxy) is 1. The van der Waals surface area contributed by atoms with Gasteiger partial charge in [-0.15, -0.1) is 0 Å². The van der Waals surface area contributed by atoms with Gasteiger partial charge < -0.3 is 4.74 Å². The number of carbonyl (C=O) groups excluding carboxylic acids is 1. The molecule has 0 N–H and O–H groups in total. The summed E-state index contributed by atoms with van der Waals surface area (Å²) in [5.74, 6) is 0. The van der Waals surface area contributed by atoms with Crippen LogP contribution in [0.2, 0.25) is 0 Å². The highest BCUT2D eigenvalue weighted by atomic mass is 16.7. The quantitative estimate of drug-likeness (QED) is 0.397. The molecular formula is C9H8NO4. The predicted molar refractivity (Wildman–Crippen MR) is 47.7 cm³/mol. The van der Waals surface area contributed by atoms with Crippen molar-refractivity contribution in [2.45, 2.75) is 12.6 Å². The second-order valence-corrected chi connectivity index (χ2v) is 2.63. The van der Waals surface area contributed by atoms with Crippen LogP contribution >= 0.6 is 0 Å². The van der Waals surface area contributed by atoms with Crippen molar-refractivity contribution in [1.29, 1.82) is 0 Å². The Morgan fingerprint density at radius 3 is 2.57 bits per heavy atom. The van der Waals surface area contributed by atoms with Crippen LogP contribution in [0.3, 0.4) is 0 Å². The van der Waals surface area contributed by atoms with Crippen LogP contribution in [0, 0.1) is 10.1 Å². The fraction of sp³-hybridized carbons (Fsp3) is 0.222. The lowest BCUT2D eigenvalue weighted by Crippen LogP contribution is -2.25. The van der Waals surface area contributed by atoms with E-state index < -0.39 is 11.2 Å². The Bertz CT molecular complexity index is 312. The fourth-order valence-corrected chi connectivity index (χ4v) is 1.03. The topological polar surface area (TPSA) is 69.4 Å². The van der Waals surface area contributed by atoms with Crippen molar-refractivity contribution in [3.63, 3.8) is 0 Å². The molecule has 0 saturated carbocycles. The van der Waals surface area contributed by atoms with Crippen LogP contribution in [0.4, 0.5) is 0 Å². The van der Waals surface area contributed by atoms with Crippen LogP contribution in [0.15, 0.2) is 30.3 Å². The van der Waals surface area contributed by atoms with Gasteiger partial charge in [0.15, 0.2) is 0 Å². The van der Waals surface area contributed by atoms with Gasteiger partial charge in [-0.3, -0.25) is 10.1 Å². The van der Waals surface area contributed by atoms with Gasteiger partial charge in [0, 0.05) is 0 Å². The Hall–Kier alpha value is -1.91. The zero-order chi connectivity index (χ0) is 10.4. The number of nitrogens with zero attached hydrogens (tertiary/aromatic N) is 1. The Labute approximate surface area is 80.5 Å². The minimum atomic E-state index is -1.35. The molecule has 0 aromatic heterocycles. The summed E-state index contributed by atoms with van der Waals surface area (Å²) in [5, 5.41) is 10.4. The van der Waals surface area contributed by atoms with Gasteiger partial charge in [0.1, 0.15) is 0 Å². The molecule has 0 heterocycles. The highest BCUT2D eigenvalue weighted by Crippen LogP contribution is 2.05. The summed E-state index contributed by atoms with van der Waals surface area (Å²) >= 11 is 0. The molecule has 1 atom stereocenters. The highest BCUT2D eigenvalue weighted by molar-refractivity contribution is 5.38. The lowest BCUT2D eigenvalue weighted by Gasteiger charge is -2.05. The van der Waals surface area contributed by atoms with Crippen molar-refractivity contribution in [2.75, 3.05) is 0 Å². The van der Waals surface area contributed by atoms with Gasteiger partial charge in [-0.2, -0.15) is 0 Å². The molecule has 1 radical (unpaired) electrons. The third kappa shape index (κ3) is 2.85. The van der Waals surface area contributed by atoms with E-state index in [0.717, 1.165) is 12.0 Å². The average molecular weight is 194 g/mol. The molecule has 0 aliphatic rings. The van der Waals surface area contributed by atoms with Crippen molar-refractivity contribution in [3.05, 3.63) is 46.0 Å². The molecule has 1 unspecified atom stereocenters. The number of hydrogen-bond acceptors (Lipinski definition) is 4. The molecule has 5 nitrogen and oxygen atoms in total. The summed E-state index contributed by atoms with van der Waals surface area (Å²) in [7, 11) is 0. The third-order valence-corrected chi connectivity index (χ3v) is 1.67. The maximum atomic E-state index is 10.4. The molecule has 0 spiro atoms. The first-order valence-corrected chi connectivity index (χ1v) is 3.94. The lowest BCUT2D eigenvalue weighted by molar-refractivity contribution is -0.565. The van der Waals surface area contributed by atoms with Gasteiger partial charge in [-0.1, -0.05) is 30.3 Å². The molecule has 1 aromatic rings. The van der Waals surface area contributed by atoms with E-state index in [1.807, 2.05) is 0 Å². The molecule has 14 heavy (non-hydrogen) atoms. The Morgan fingerprint density at radius 1 is 1.43 bits per heavy atom. The van der Waals surface area contributed by atoms with Crippen LogP contribution in [-0.2, 0) is 16.0 Å². The molecular weight excluding hydrogens is 186 g/mol. The smallest absolute Gasteiger partial charge is 0.389 e. The van der Waals surface area contributed by atoms with Crippen molar-refractivity contribution in [1.82, 2.24) is 0 Å². The second kappa shape index (κ2) is 4.96. The van der Waals surface area contributed by atoms with Crippen LogP contribution < -0.4 is 0 Å². The number of rotatable bonds is 5. The summed E-state index contributed by atoms with van der Waals surface area (Å²) in [6.45, 7) is 1.08. The zero-order valence-electron chi connectivity index (χ0n) is 7.25. The third-order valence-electron chi connectivity index (χ3n) is 1.67. The summed E-state index contributed by atoms with van der Waals surface area (Å²) in [5.41, 5.74) is 0.740. The monoisotopic (exact) mass is 194 g/mol. The van der Waals surface area contributed by atoms with Crippen molar-refractivity contribution >= 4 is 6.47 Å². The average Bonchev–Trinajstić information content (AvgIpc) is 2.18. The van der Waals surface area contributed by atoms with Crippen molar-refractivity contribution in [3.8, 4) is 0 Å². The molecule has 0 bridgehead atoms. The standard InChI is InChI=1S/C9H8NO4/c11-7-14-9(10(12)13)6-8-4-2-1-3-5-8/h1-5,9H,6H2. The Morgan fingerprint density at radius 2 is 2.07 bits per heavy atom. The molecule has 0 amide bonds. The molecule has 1 rings (SSSR count). The maximum absolute atomic E-state index is 10.4. The van der Waals surface area contributed by atoms with Crippen molar-refractivity contribution in [2.24, 2.45) is 0 Å². The van der Waals surface area contributed by atoms with Crippen LogP contribution in [0.1, 0.15) is 5.56 Å². The van der Waals surface area contributed by atoms with Gasteiger partial charge in [0.2, 0.25) is 0 Å². The van der Waals surface area contributed by atoms with E-state index in [4.69, 9.17) is 0 Å². The number of benzene rings is 1. The van der Waals surface area contributed by atoms with E-state index in [2.05, 4.69) is 4.74 Å². The normalized spacial score (nSPS) is 11.7. The SMILES string of the molecule is O=[C]OC(Cc1ccccc1)[N+](=O)[O-]. The molecule has 0 saturated heterocycles. The molecule has 73 valence electrons. The summed E-state index contributed by atoms with van der Waals surface area (Å²) in [6, 6.07) is 8.78. The van der Waals surface area contributed by atoms with E-state index in [1.54, 1.807) is 30.3 Å². The van der Waals surface area contributed by atoms with E-state index in [-0.39, 0.29) is 6.42 Å². The predicted octanol–water partition coefficient (Wildman–Crippen LogP) is 0.916. The Kier molecular flexibility index (Phi) is 3.60. The van der Waals surface area contributed by atoms with Crippen LogP contribution in [0.5, 0.6) is 0 Å². The van der Waals surface area contributed by atoms with Crippen LogP contribution in [0.25, 0.3) is 0 Å². The fourth-order valence-electron chi connectivity index (χ4n) is 1.03. The molecule has 1 aromatic carbocycles. The van der Waals surface area contributed by atoms with Gasteiger partial charge in [0.25, 0.3) is 0 Å². The number of nitro groups is 1. The van der Waals surface area contributed by atoms with Gasteiger partial charge in [-0.05, 0) is 5.56 Å². The lowest BCUT2D eigenvalue weighted by atomic mass is 10.1. The maximum Gasteiger partial charge on any atom is 0.422 e. The molecule has 0 aliphatic carbocycles. The second-order valence-electron chi connectivity index (χ2n) is 2.63. The van der Waals surface area contributed by atoms with Crippen molar-refractivity contribution < 1.29 is 14.5 Å². The highest BCUT2D eigenvalue weighted by Gasteiger charge is 2.21.